The number of quaternary nitrogens is 1. The molecule has 8 heteroatoms. The van der Waals surface area contributed by atoms with Crippen molar-refractivity contribution in [1.29, 1.82) is 0 Å². The Hall–Kier alpha value is -1.93. The maximum Gasteiger partial charge on any atom is 0.306 e. The van der Waals surface area contributed by atoms with Crippen LogP contribution in [-0.4, -0.2) is 75.5 Å². The molecular weight excluding hydrogens is 642 g/mol. The fourth-order valence-electron chi connectivity index (χ4n) is 6.30. The van der Waals surface area contributed by atoms with E-state index in [1.165, 1.54) is 109 Å². The molecule has 2 unspecified atom stereocenters. The number of carbonyl (C=O) groups excluding carboxylic acids is 3. The summed E-state index contributed by atoms with van der Waals surface area (Å²) in [5.41, 5.74) is 0. The minimum atomic E-state index is -1.12. The van der Waals surface area contributed by atoms with Gasteiger partial charge in [-0.2, -0.15) is 0 Å². The summed E-state index contributed by atoms with van der Waals surface area (Å²) in [6.07, 6.45) is 35.1. The first-order valence-electron chi connectivity index (χ1n) is 21.2. The molecule has 0 aliphatic rings. The van der Waals surface area contributed by atoms with E-state index in [0.29, 0.717) is 12.8 Å². The Morgan fingerprint density at radius 2 is 0.980 bits per heavy atom. The number of aliphatic carboxylic acids is 1. The van der Waals surface area contributed by atoms with Crippen LogP contribution in [-0.2, 0) is 28.6 Å². The molecule has 8 nitrogen and oxygen atoms in total. The fraction of sp³-hybridized carbons (Fsp3) is 0.884. The number of ether oxygens (including phenoxy) is 3. The van der Waals surface area contributed by atoms with Crippen molar-refractivity contribution in [2.45, 2.75) is 206 Å². The predicted octanol–water partition coefficient (Wildman–Crippen LogP) is 9.80. The van der Waals surface area contributed by atoms with Gasteiger partial charge in [0, 0.05) is 19.3 Å². The summed E-state index contributed by atoms with van der Waals surface area (Å²) in [5.74, 6) is -1.74. The molecule has 2 atom stereocenters. The highest BCUT2D eigenvalue weighted by molar-refractivity contribution is 5.70. The minimum Gasteiger partial charge on any atom is -0.544 e. The minimum absolute atomic E-state index is 0.0426. The Kier molecular flexibility index (Phi) is 33.8. The van der Waals surface area contributed by atoms with Gasteiger partial charge < -0.3 is 28.6 Å². The molecule has 0 heterocycles. The van der Waals surface area contributed by atoms with E-state index in [1.54, 1.807) is 21.1 Å². The lowest BCUT2D eigenvalue weighted by molar-refractivity contribution is -0.889. The van der Waals surface area contributed by atoms with Gasteiger partial charge in [-0.15, -0.1) is 0 Å². The number of nitrogens with zero attached hydrogens (tertiary/aromatic N) is 1. The van der Waals surface area contributed by atoms with Crippen LogP contribution in [0.3, 0.4) is 0 Å². The predicted molar refractivity (Wildman–Crippen MR) is 208 cm³/mol. The second kappa shape index (κ2) is 35.1. The Balaban J connectivity index is 4.36. The summed E-state index contributed by atoms with van der Waals surface area (Å²) in [6, 6.07) is -0.722. The number of rotatable bonds is 38. The lowest BCUT2D eigenvalue weighted by atomic mass is 10.0. The van der Waals surface area contributed by atoms with Crippen molar-refractivity contribution in [3.05, 3.63) is 12.2 Å². The molecule has 0 saturated heterocycles. The molecule has 0 aromatic rings. The first-order chi connectivity index (χ1) is 24.6. The van der Waals surface area contributed by atoms with Crippen LogP contribution >= 0.6 is 0 Å². The number of carboxylic acids is 1. The second-order valence-corrected chi connectivity index (χ2v) is 15.6. The monoisotopic (exact) mass is 724 g/mol. The molecule has 300 valence electrons. The average Bonchev–Trinajstić information content (AvgIpc) is 3.08. The molecule has 0 spiro atoms. The summed E-state index contributed by atoms with van der Waals surface area (Å²) < 4.78 is 17.1. The lowest BCUT2D eigenvalue weighted by Gasteiger charge is -2.34. The third-order valence-corrected chi connectivity index (χ3v) is 9.65. The SMILES string of the molecule is CCCCCCC/C=C\CCCCCCCC(=O)OC(COCCC(C(=O)[O-])[N+](C)(C)C)COC(=O)CCCCCCCCCCCCCCC. The molecule has 0 aliphatic carbocycles. The molecule has 0 radical (unpaired) electrons. The van der Waals surface area contributed by atoms with Crippen molar-refractivity contribution in [3.8, 4) is 0 Å². The van der Waals surface area contributed by atoms with E-state index < -0.39 is 18.1 Å². The van der Waals surface area contributed by atoms with E-state index in [0.717, 1.165) is 51.4 Å². The van der Waals surface area contributed by atoms with Gasteiger partial charge >= 0.3 is 11.9 Å². The third kappa shape index (κ3) is 33.6. The van der Waals surface area contributed by atoms with Crippen molar-refractivity contribution >= 4 is 17.9 Å². The van der Waals surface area contributed by atoms with Crippen LogP contribution < -0.4 is 5.11 Å². The number of allylic oxidation sites excluding steroid dienone is 2. The van der Waals surface area contributed by atoms with Crippen LogP contribution in [0.15, 0.2) is 12.2 Å². The summed E-state index contributed by atoms with van der Waals surface area (Å²) in [5, 5.41) is 11.6. The van der Waals surface area contributed by atoms with Crippen molar-refractivity contribution in [2.75, 3.05) is 41.0 Å². The van der Waals surface area contributed by atoms with Crippen LogP contribution in [0.25, 0.3) is 0 Å². The van der Waals surface area contributed by atoms with E-state index in [-0.39, 0.29) is 42.7 Å². The second-order valence-electron chi connectivity index (χ2n) is 15.6. The maximum atomic E-state index is 12.7. The lowest BCUT2D eigenvalue weighted by Crippen LogP contribution is -2.55. The van der Waals surface area contributed by atoms with E-state index >= 15 is 0 Å². The zero-order valence-electron chi connectivity index (χ0n) is 34.0. The van der Waals surface area contributed by atoms with Gasteiger partial charge in [0.25, 0.3) is 0 Å². The molecule has 0 saturated carbocycles. The number of carbonyl (C=O) groups is 3. The van der Waals surface area contributed by atoms with Crippen molar-refractivity contribution in [3.63, 3.8) is 0 Å². The van der Waals surface area contributed by atoms with E-state index in [4.69, 9.17) is 14.2 Å². The largest absolute Gasteiger partial charge is 0.544 e. The van der Waals surface area contributed by atoms with E-state index in [1.807, 2.05) is 0 Å². The van der Waals surface area contributed by atoms with Crippen LogP contribution in [0.2, 0.25) is 0 Å². The Bertz CT molecular complexity index is 854. The molecule has 0 bridgehead atoms. The Labute approximate surface area is 314 Å². The number of hydrogen-bond donors (Lipinski definition) is 0. The van der Waals surface area contributed by atoms with E-state index in [9.17, 15) is 19.5 Å². The van der Waals surface area contributed by atoms with E-state index in [2.05, 4.69) is 26.0 Å². The third-order valence-electron chi connectivity index (χ3n) is 9.65. The summed E-state index contributed by atoms with van der Waals surface area (Å²) in [7, 11) is 5.41. The van der Waals surface area contributed by atoms with Crippen molar-refractivity contribution in [2.24, 2.45) is 0 Å². The molecular formula is C43H81NO7. The molecule has 0 aliphatic heterocycles. The Morgan fingerprint density at radius 3 is 1.41 bits per heavy atom. The molecule has 0 amide bonds. The smallest absolute Gasteiger partial charge is 0.306 e. The van der Waals surface area contributed by atoms with Gasteiger partial charge in [0.05, 0.1) is 40.3 Å². The number of carboxylic acid groups (broad SMARTS) is 1. The molecule has 0 N–H and O–H groups in total. The highest BCUT2D eigenvalue weighted by Crippen LogP contribution is 2.15. The first kappa shape index (κ1) is 49.1. The van der Waals surface area contributed by atoms with Gasteiger partial charge in [-0.1, -0.05) is 148 Å². The van der Waals surface area contributed by atoms with Gasteiger partial charge in [0.15, 0.2) is 6.10 Å². The maximum absolute atomic E-state index is 12.7. The van der Waals surface area contributed by atoms with Crippen molar-refractivity contribution < 1.29 is 38.2 Å². The molecule has 0 fully saturated rings. The Morgan fingerprint density at radius 1 is 0.569 bits per heavy atom. The number of likely N-dealkylation sites (N-methyl/N-ethyl adjacent to an activating group) is 1. The quantitative estimate of drug-likeness (QED) is 0.0271. The normalized spacial score (nSPS) is 13.0. The highest BCUT2D eigenvalue weighted by atomic mass is 16.6. The number of esters is 2. The van der Waals surface area contributed by atoms with Gasteiger partial charge in [-0.3, -0.25) is 9.59 Å². The molecule has 0 aromatic carbocycles. The summed E-state index contributed by atoms with van der Waals surface area (Å²) >= 11 is 0. The van der Waals surface area contributed by atoms with Crippen LogP contribution in [0.5, 0.6) is 0 Å². The zero-order valence-corrected chi connectivity index (χ0v) is 34.0. The molecule has 0 rings (SSSR count). The van der Waals surface area contributed by atoms with Crippen LogP contribution in [0.4, 0.5) is 0 Å². The van der Waals surface area contributed by atoms with Gasteiger partial charge in [0.2, 0.25) is 0 Å². The van der Waals surface area contributed by atoms with Crippen LogP contribution in [0.1, 0.15) is 194 Å². The van der Waals surface area contributed by atoms with Gasteiger partial charge in [-0.05, 0) is 38.5 Å². The molecule has 51 heavy (non-hydrogen) atoms. The van der Waals surface area contributed by atoms with Crippen LogP contribution in [0, 0.1) is 0 Å². The zero-order chi connectivity index (χ0) is 37.8. The number of hydrogen-bond acceptors (Lipinski definition) is 7. The van der Waals surface area contributed by atoms with Gasteiger partial charge in [0.1, 0.15) is 12.6 Å². The molecule has 0 aromatic heterocycles. The average molecular weight is 724 g/mol. The topological polar surface area (TPSA) is 102 Å². The van der Waals surface area contributed by atoms with Crippen molar-refractivity contribution in [1.82, 2.24) is 0 Å². The number of unbranched alkanes of at least 4 members (excludes halogenated alkanes) is 22. The summed E-state index contributed by atoms with van der Waals surface area (Å²) in [6.45, 7) is 4.65. The fourth-order valence-corrected chi connectivity index (χ4v) is 6.30. The highest BCUT2D eigenvalue weighted by Gasteiger charge is 2.25. The first-order valence-corrected chi connectivity index (χ1v) is 21.2. The standard InChI is InChI=1S/C43H81NO7/c1-6-8-10-12-14-16-18-20-22-24-26-28-30-32-34-42(46)51-39(37-49-36-35-40(43(47)48)44(3,4)5)38-50-41(45)33-31-29-27-25-23-21-19-17-15-13-11-9-7-2/h18,20,39-40H,6-17,19,21-38H2,1-5H3/b20-18-. The summed E-state index contributed by atoms with van der Waals surface area (Å²) in [4.78, 5) is 36.7. The van der Waals surface area contributed by atoms with Gasteiger partial charge in [-0.25, -0.2) is 0 Å².